The molecule has 0 aromatic rings. The molecule has 0 aliphatic carbocycles. The van der Waals surface area contributed by atoms with Gasteiger partial charge in [-0.05, 0) is 12.5 Å². The summed E-state index contributed by atoms with van der Waals surface area (Å²) in [6.07, 6.45) is 0.0106. The summed E-state index contributed by atoms with van der Waals surface area (Å²) < 4.78 is 0. The molecular formula is C6H8N4O2. The number of azide groups is 1. The molecule has 1 atom stereocenters. The summed E-state index contributed by atoms with van der Waals surface area (Å²) in [4.78, 5) is 25.8. The van der Waals surface area contributed by atoms with Crippen LogP contribution in [-0.4, -0.2) is 29.3 Å². The van der Waals surface area contributed by atoms with Crippen LogP contribution in [0.2, 0.25) is 0 Å². The van der Waals surface area contributed by atoms with E-state index in [0.717, 1.165) is 4.90 Å². The van der Waals surface area contributed by atoms with Crippen molar-refractivity contribution in [1.82, 2.24) is 4.90 Å². The van der Waals surface area contributed by atoms with Crippen LogP contribution in [0.25, 0.3) is 10.4 Å². The second-order valence-corrected chi connectivity index (χ2v) is 2.40. The van der Waals surface area contributed by atoms with Crippen molar-refractivity contribution >= 4 is 11.8 Å². The minimum atomic E-state index is -0.817. The number of hydrogen-bond donors (Lipinski definition) is 0. The van der Waals surface area contributed by atoms with E-state index in [-0.39, 0.29) is 18.2 Å². The van der Waals surface area contributed by atoms with E-state index in [1.165, 1.54) is 0 Å². The first kappa shape index (κ1) is 8.55. The molecule has 2 amide bonds. The fourth-order valence-corrected chi connectivity index (χ4v) is 1.15. The quantitative estimate of drug-likeness (QED) is 0.259. The Labute approximate surface area is 68.8 Å². The van der Waals surface area contributed by atoms with Gasteiger partial charge in [-0.15, -0.1) is 0 Å². The van der Waals surface area contributed by atoms with Crippen molar-refractivity contribution in [1.29, 1.82) is 0 Å². The summed E-state index contributed by atoms with van der Waals surface area (Å²) in [6, 6.07) is -0.817. The molecule has 0 saturated carbocycles. The second kappa shape index (κ2) is 3.23. The second-order valence-electron chi connectivity index (χ2n) is 2.40. The lowest BCUT2D eigenvalue weighted by Gasteiger charge is -2.09. The third kappa shape index (κ3) is 1.24. The van der Waals surface area contributed by atoms with Gasteiger partial charge < -0.3 is 0 Å². The maximum Gasteiger partial charge on any atom is 0.238 e. The average Bonchev–Trinajstić information content (AvgIpc) is 2.29. The maximum absolute atomic E-state index is 11.2. The summed E-state index contributed by atoms with van der Waals surface area (Å²) in [6.45, 7) is 2.05. The molecular weight excluding hydrogens is 160 g/mol. The van der Waals surface area contributed by atoms with Gasteiger partial charge in [-0.25, -0.2) is 0 Å². The third-order valence-electron chi connectivity index (χ3n) is 1.73. The van der Waals surface area contributed by atoms with E-state index in [4.69, 9.17) is 5.53 Å². The smallest absolute Gasteiger partial charge is 0.238 e. The van der Waals surface area contributed by atoms with Gasteiger partial charge in [0.15, 0.2) is 0 Å². The zero-order chi connectivity index (χ0) is 9.14. The molecule has 6 heteroatoms. The molecule has 1 saturated heterocycles. The van der Waals surface area contributed by atoms with E-state index in [1.54, 1.807) is 6.92 Å². The number of carbonyl (C=O) groups is 2. The first-order valence-corrected chi connectivity index (χ1v) is 3.59. The monoisotopic (exact) mass is 168 g/mol. The minimum Gasteiger partial charge on any atom is -0.283 e. The zero-order valence-electron chi connectivity index (χ0n) is 6.60. The van der Waals surface area contributed by atoms with Gasteiger partial charge in [0.05, 0.1) is 0 Å². The SMILES string of the molecule is CCN1C(=O)CC(N=[N+]=[N-])C1=O. The maximum atomic E-state index is 11.2. The van der Waals surface area contributed by atoms with E-state index in [1.807, 2.05) is 0 Å². The average molecular weight is 168 g/mol. The van der Waals surface area contributed by atoms with Crippen LogP contribution >= 0.6 is 0 Å². The van der Waals surface area contributed by atoms with Crippen molar-refractivity contribution in [2.75, 3.05) is 6.54 Å². The van der Waals surface area contributed by atoms with Gasteiger partial charge in [-0.1, -0.05) is 5.11 Å². The van der Waals surface area contributed by atoms with Crippen molar-refractivity contribution in [3.05, 3.63) is 10.4 Å². The highest BCUT2D eigenvalue weighted by atomic mass is 16.2. The van der Waals surface area contributed by atoms with Crippen molar-refractivity contribution in [2.24, 2.45) is 5.11 Å². The Morgan fingerprint density at radius 2 is 2.42 bits per heavy atom. The molecule has 6 nitrogen and oxygen atoms in total. The van der Waals surface area contributed by atoms with Crippen LogP contribution in [0.1, 0.15) is 13.3 Å². The molecule has 1 unspecified atom stereocenters. The molecule has 0 spiro atoms. The fourth-order valence-electron chi connectivity index (χ4n) is 1.15. The summed E-state index contributed by atoms with van der Waals surface area (Å²) in [5, 5.41) is 3.22. The molecule has 1 heterocycles. The summed E-state index contributed by atoms with van der Waals surface area (Å²) in [5.41, 5.74) is 8.07. The van der Waals surface area contributed by atoms with Gasteiger partial charge in [0, 0.05) is 17.9 Å². The number of hydrogen-bond acceptors (Lipinski definition) is 3. The van der Waals surface area contributed by atoms with Crippen LogP contribution < -0.4 is 0 Å². The number of likely N-dealkylation sites (tertiary alicyclic amines) is 1. The van der Waals surface area contributed by atoms with Crippen molar-refractivity contribution in [2.45, 2.75) is 19.4 Å². The van der Waals surface area contributed by atoms with Gasteiger partial charge in [0.25, 0.3) is 0 Å². The molecule has 0 aromatic heterocycles. The standard InChI is InChI=1S/C6H8N4O2/c1-2-10-5(11)3-4(6(10)12)8-9-7/h4H,2-3H2,1H3. The van der Waals surface area contributed by atoms with Gasteiger partial charge in [-0.2, -0.15) is 0 Å². The molecule has 1 fully saturated rings. The summed E-state index contributed by atoms with van der Waals surface area (Å²) >= 11 is 0. The Bertz CT molecular complexity index is 269. The number of rotatable bonds is 2. The summed E-state index contributed by atoms with van der Waals surface area (Å²) in [7, 11) is 0. The van der Waals surface area contributed by atoms with E-state index < -0.39 is 6.04 Å². The van der Waals surface area contributed by atoms with Crippen LogP contribution in [0, 0.1) is 0 Å². The van der Waals surface area contributed by atoms with Gasteiger partial charge in [-0.3, -0.25) is 14.5 Å². The Balaban J connectivity index is 2.82. The van der Waals surface area contributed by atoms with Crippen LogP contribution in [0.3, 0.4) is 0 Å². The normalized spacial score (nSPS) is 22.8. The highest BCUT2D eigenvalue weighted by Gasteiger charge is 2.36. The number of nitrogens with zero attached hydrogens (tertiary/aromatic N) is 4. The van der Waals surface area contributed by atoms with Crippen LogP contribution in [0.5, 0.6) is 0 Å². The van der Waals surface area contributed by atoms with Gasteiger partial charge in [0.2, 0.25) is 11.8 Å². The Hall–Kier alpha value is -1.55. The largest absolute Gasteiger partial charge is 0.283 e. The number of imide groups is 1. The van der Waals surface area contributed by atoms with Crippen LogP contribution in [-0.2, 0) is 9.59 Å². The predicted octanol–water partition coefficient (Wildman–Crippen LogP) is 0.444. The van der Waals surface area contributed by atoms with Crippen molar-refractivity contribution in [3.63, 3.8) is 0 Å². The lowest BCUT2D eigenvalue weighted by atomic mass is 10.3. The number of likely N-dealkylation sites (N-methyl/N-ethyl adjacent to an activating group) is 1. The summed E-state index contributed by atoms with van der Waals surface area (Å²) in [5.74, 6) is -0.653. The van der Waals surface area contributed by atoms with E-state index >= 15 is 0 Å². The lowest BCUT2D eigenvalue weighted by molar-refractivity contribution is -0.138. The molecule has 1 aliphatic heterocycles. The molecule has 0 aromatic carbocycles. The van der Waals surface area contributed by atoms with Gasteiger partial charge >= 0.3 is 0 Å². The van der Waals surface area contributed by atoms with E-state index in [0.29, 0.717) is 6.54 Å². The molecule has 64 valence electrons. The third-order valence-corrected chi connectivity index (χ3v) is 1.73. The molecule has 0 N–H and O–H groups in total. The number of carbonyl (C=O) groups excluding carboxylic acids is 2. The van der Waals surface area contributed by atoms with Crippen molar-refractivity contribution in [3.8, 4) is 0 Å². The fraction of sp³-hybridized carbons (Fsp3) is 0.667. The first-order chi connectivity index (χ1) is 5.70. The predicted molar refractivity (Wildman–Crippen MR) is 39.9 cm³/mol. The topological polar surface area (TPSA) is 86.1 Å². The van der Waals surface area contributed by atoms with Crippen LogP contribution in [0.15, 0.2) is 5.11 Å². The first-order valence-electron chi connectivity index (χ1n) is 3.59. The van der Waals surface area contributed by atoms with E-state index in [2.05, 4.69) is 10.0 Å². The molecule has 12 heavy (non-hydrogen) atoms. The molecule has 0 bridgehead atoms. The molecule has 1 aliphatic rings. The van der Waals surface area contributed by atoms with Crippen LogP contribution in [0.4, 0.5) is 0 Å². The minimum absolute atomic E-state index is 0.0106. The van der Waals surface area contributed by atoms with Gasteiger partial charge in [0.1, 0.15) is 6.04 Å². The van der Waals surface area contributed by atoms with E-state index in [9.17, 15) is 9.59 Å². The Kier molecular flexibility index (Phi) is 2.30. The zero-order valence-corrected chi connectivity index (χ0v) is 6.60. The number of amides is 2. The molecule has 1 rings (SSSR count). The highest BCUT2D eigenvalue weighted by molar-refractivity contribution is 6.05. The molecule has 0 radical (unpaired) electrons. The van der Waals surface area contributed by atoms with Crippen molar-refractivity contribution < 1.29 is 9.59 Å². The lowest BCUT2D eigenvalue weighted by Crippen LogP contribution is -2.30. The Morgan fingerprint density at radius 1 is 1.75 bits per heavy atom. The Morgan fingerprint density at radius 3 is 2.83 bits per heavy atom. The highest BCUT2D eigenvalue weighted by Crippen LogP contribution is 2.15.